The van der Waals surface area contributed by atoms with Crippen molar-refractivity contribution in [2.24, 2.45) is 0 Å². The van der Waals surface area contributed by atoms with Crippen molar-refractivity contribution in [1.29, 1.82) is 0 Å². The Bertz CT molecular complexity index is 788. The maximum atomic E-state index is 11.5. The highest BCUT2D eigenvalue weighted by Gasteiger charge is 2.43. The van der Waals surface area contributed by atoms with Gasteiger partial charge in [0.15, 0.2) is 11.5 Å². The lowest BCUT2D eigenvalue weighted by atomic mass is 9.98. The summed E-state index contributed by atoms with van der Waals surface area (Å²) in [5.41, 5.74) is 3.00. The quantitative estimate of drug-likeness (QED) is 0.745. The third-order valence-corrected chi connectivity index (χ3v) is 8.27. The zero-order valence-electron chi connectivity index (χ0n) is 16.2. The van der Waals surface area contributed by atoms with Gasteiger partial charge >= 0.3 is 0 Å². The number of hydrogen-bond acceptors (Lipinski definition) is 6. The molecule has 1 atom stereocenters. The molecule has 0 radical (unpaired) electrons. The number of methoxy groups -OCH3 is 3. The Morgan fingerprint density at radius 2 is 1.52 bits per heavy atom. The molecule has 1 N–H and O–H groups in total. The molecule has 1 saturated heterocycles. The Balaban J connectivity index is 2.05. The van der Waals surface area contributed by atoms with Crippen molar-refractivity contribution < 1.29 is 19.3 Å². The molecule has 2 aromatic carbocycles. The molecule has 0 amide bonds. The highest BCUT2D eigenvalue weighted by atomic mass is 32.2. The Hall–Kier alpha value is -1.50. The second-order valence-corrected chi connectivity index (χ2v) is 9.36. The topological polar surface area (TPSA) is 47.9 Å². The van der Waals surface area contributed by atoms with Crippen LogP contribution in [0.25, 0.3) is 0 Å². The third kappa shape index (κ3) is 3.89. The molecular formula is C21H26O4S2. The molecule has 1 aliphatic heterocycles. The van der Waals surface area contributed by atoms with E-state index in [1.54, 1.807) is 21.3 Å². The molecule has 0 aliphatic carbocycles. The summed E-state index contributed by atoms with van der Waals surface area (Å²) in [5.74, 6) is 4.18. The lowest BCUT2D eigenvalue weighted by Gasteiger charge is -2.40. The van der Waals surface area contributed by atoms with Gasteiger partial charge in [0, 0.05) is 0 Å². The van der Waals surface area contributed by atoms with Crippen molar-refractivity contribution in [3.05, 3.63) is 53.1 Å². The van der Waals surface area contributed by atoms with E-state index >= 15 is 0 Å². The molecule has 0 spiro atoms. The molecule has 6 heteroatoms. The van der Waals surface area contributed by atoms with Gasteiger partial charge in [0.2, 0.25) is 0 Å². The van der Waals surface area contributed by atoms with Crippen molar-refractivity contribution in [3.8, 4) is 17.2 Å². The van der Waals surface area contributed by atoms with Crippen molar-refractivity contribution in [2.75, 3.05) is 32.8 Å². The maximum Gasteiger partial charge on any atom is 0.161 e. The summed E-state index contributed by atoms with van der Waals surface area (Å²) in [5, 5.41) is 11.5. The fourth-order valence-electron chi connectivity index (χ4n) is 3.37. The molecule has 1 aliphatic rings. The van der Waals surface area contributed by atoms with E-state index in [0.29, 0.717) is 11.5 Å². The van der Waals surface area contributed by atoms with Gasteiger partial charge in [-0.15, -0.1) is 23.5 Å². The van der Waals surface area contributed by atoms with Crippen LogP contribution < -0.4 is 14.2 Å². The average Bonchev–Trinajstić information content (AvgIpc) is 2.73. The van der Waals surface area contributed by atoms with E-state index in [0.717, 1.165) is 40.4 Å². The lowest BCUT2D eigenvalue weighted by molar-refractivity contribution is 0.162. The highest BCUT2D eigenvalue weighted by Crippen LogP contribution is 2.58. The van der Waals surface area contributed by atoms with Crippen LogP contribution in [0.3, 0.4) is 0 Å². The minimum atomic E-state index is -0.680. The second kappa shape index (κ2) is 8.67. The number of rotatable bonds is 6. The summed E-state index contributed by atoms with van der Waals surface area (Å²) in [6.07, 6.45) is 0.464. The SMILES string of the molecule is COc1ccc(C2(C(O)c3ccc(OC)c(OC)c3)SCCCS2)cc1C. The minimum absolute atomic E-state index is 0.463. The molecule has 2 aromatic rings. The summed E-state index contributed by atoms with van der Waals surface area (Å²) in [6, 6.07) is 11.8. The van der Waals surface area contributed by atoms with E-state index in [4.69, 9.17) is 14.2 Å². The van der Waals surface area contributed by atoms with E-state index in [1.807, 2.05) is 54.7 Å². The number of benzene rings is 2. The molecule has 146 valence electrons. The van der Waals surface area contributed by atoms with E-state index in [1.165, 1.54) is 0 Å². The van der Waals surface area contributed by atoms with E-state index in [-0.39, 0.29) is 0 Å². The Morgan fingerprint density at radius 3 is 2.11 bits per heavy atom. The third-order valence-electron chi connectivity index (χ3n) is 4.80. The van der Waals surface area contributed by atoms with Crippen molar-refractivity contribution in [1.82, 2.24) is 0 Å². The van der Waals surface area contributed by atoms with Crippen LogP contribution in [-0.2, 0) is 4.08 Å². The van der Waals surface area contributed by atoms with Crippen LogP contribution in [-0.4, -0.2) is 37.9 Å². The van der Waals surface area contributed by atoms with Crippen LogP contribution in [0.1, 0.15) is 29.2 Å². The van der Waals surface area contributed by atoms with Gasteiger partial charge in [-0.25, -0.2) is 0 Å². The fourth-order valence-corrected chi connectivity index (χ4v) is 6.74. The maximum absolute atomic E-state index is 11.5. The molecule has 0 bridgehead atoms. The van der Waals surface area contributed by atoms with Crippen molar-refractivity contribution in [2.45, 2.75) is 23.5 Å². The van der Waals surface area contributed by atoms with Gasteiger partial charge in [0.05, 0.1) is 21.3 Å². The molecule has 1 unspecified atom stereocenters. The van der Waals surface area contributed by atoms with Crippen LogP contribution in [0, 0.1) is 6.92 Å². The number of thioether (sulfide) groups is 2. The first-order valence-corrected chi connectivity index (χ1v) is 10.9. The largest absolute Gasteiger partial charge is 0.496 e. The summed E-state index contributed by atoms with van der Waals surface area (Å²) in [4.78, 5) is 0. The van der Waals surface area contributed by atoms with Crippen molar-refractivity contribution >= 4 is 23.5 Å². The fraction of sp³-hybridized carbons (Fsp3) is 0.429. The van der Waals surface area contributed by atoms with E-state index in [9.17, 15) is 5.11 Å². The first-order chi connectivity index (χ1) is 13.1. The van der Waals surface area contributed by atoms with Gasteiger partial charge in [-0.3, -0.25) is 0 Å². The van der Waals surface area contributed by atoms with Crippen LogP contribution in [0.15, 0.2) is 36.4 Å². The number of hydrogen-bond donors (Lipinski definition) is 1. The number of aryl methyl sites for hydroxylation is 1. The monoisotopic (exact) mass is 406 g/mol. The lowest BCUT2D eigenvalue weighted by Crippen LogP contribution is -2.30. The van der Waals surface area contributed by atoms with Crippen molar-refractivity contribution in [3.63, 3.8) is 0 Å². The Morgan fingerprint density at radius 1 is 0.889 bits per heavy atom. The van der Waals surface area contributed by atoms with Gasteiger partial charge < -0.3 is 19.3 Å². The number of aliphatic hydroxyl groups excluding tert-OH is 1. The smallest absolute Gasteiger partial charge is 0.161 e. The highest BCUT2D eigenvalue weighted by molar-refractivity contribution is 8.18. The van der Waals surface area contributed by atoms with Gasteiger partial charge in [-0.2, -0.15) is 0 Å². The van der Waals surface area contributed by atoms with Gasteiger partial charge in [0.25, 0.3) is 0 Å². The first-order valence-electron chi connectivity index (χ1n) is 8.88. The van der Waals surface area contributed by atoms with E-state index in [2.05, 4.69) is 12.1 Å². The number of aliphatic hydroxyl groups is 1. The summed E-state index contributed by atoms with van der Waals surface area (Å²) >= 11 is 3.62. The standard InChI is InChI=1S/C21H26O4S2/c1-14-12-16(7-9-17(14)23-2)21(26-10-5-11-27-21)20(22)15-6-8-18(24-3)19(13-15)25-4/h6-9,12-13,20,22H,5,10-11H2,1-4H3. The molecule has 1 fully saturated rings. The molecule has 1 heterocycles. The normalized spacial score (nSPS) is 17.2. The minimum Gasteiger partial charge on any atom is -0.496 e. The van der Waals surface area contributed by atoms with Crippen LogP contribution >= 0.6 is 23.5 Å². The van der Waals surface area contributed by atoms with Gasteiger partial charge in [-0.05, 0) is 59.7 Å². The number of ether oxygens (including phenoxy) is 3. The van der Waals surface area contributed by atoms with Crippen LogP contribution in [0.4, 0.5) is 0 Å². The van der Waals surface area contributed by atoms with Crippen LogP contribution in [0.2, 0.25) is 0 Å². The van der Waals surface area contributed by atoms with Gasteiger partial charge in [-0.1, -0.05) is 18.2 Å². The molecule has 0 saturated carbocycles. The molecule has 3 rings (SSSR count). The molecular weight excluding hydrogens is 380 g/mol. The summed E-state index contributed by atoms with van der Waals surface area (Å²) < 4.78 is 15.7. The average molecular weight is 407 g/mol. The Kier molecular flexibility index (Phi) is 6.50. The Labute approximate surface area is 169 Å². The first kappa shape index (κ1) is 20.2. The predicted molar refractivity (Wildman–Crippen MR) is 113 cm³/mol. The zero-order valence-corrected chi connectivity index (χ0v) is 17.8. The zero-order chi connectivity index (χ0) is 19.4. The molecule has 4 nitrogen and oxygen atoms in total. The predicted octanol–water partition coefficient (Wildman–Crippen LogP) is 4.78. The molecule has 0 aromatic heterocycles. The van der Waals surface area contributed by atoms with Gasteiger partial charge in [0.1, 0.15) is 15.9 Å². The summed E-state index contributed by atoms with van der Waals surface area (Å²) in [6.45, 7) is 2.04. The van der Waals surface area contributed by atoms with E-state index < -0.39 is 10.2 Å². The molecule has 27 heavy (non-hydrogen) atoms. The second-order valence-electron chi connectivity index (χ2n) is 6.42. The summed E-state index contributed by atoms with van der Waals surface area (Å²) in [7, 11) is 4.91. The van der Waals surface area contributed by atoms with Crippen LogP contribution in [0.5, 0.6) is 17.2 Å².